The van der Waals surface area contributed by atoms with E-state index < -0.39 is 5.67 Å². The molecule has 72 valence electrons. The van der Waals surface area contributed by atoms with Crippen molar-refractivity contribution in [2.45, 2.75) is 19.5 Å². The molecule has 0 bridgehead atoms. The number of ether oxygens (including phenoxy) is 1. The Morgan fingerprint density at radius 2 is 2.15 bits per heavy atom. The molecule has 0 radical (unpaired) electrons. The highest BCUT2D eigenvalue weighted by Gasteiger charge is 2.16. The molecule has 2 nitrogen and oxygen atoms in total. The number of hydrogen-bond donors (Lipinski definition) is 1. The zero-order chi connectivity index (χ0) is 9.90. The topological polar surface area (TPSA) is 35.2 Å². The van der Waals surface area contributed by atoms with Crippen LogP contribution in [0.15, 0.2) is 24.3 Å². The standard InChI is InChI=1S/C10H14FNO/c1-10(2,11)7-13-9-5-3-4-8(12)6-9/h3-6H,7,12H2,1-2H3. The highest BCUT2D eigenvalue weighted by Crippen LogP contribution is 2.17. The van der Waals surface area contributed by atoms with Crippen LogP contribution >= 0.6 is 0 Å². The zero-order valence-electron chi connectivity index (χ0n) is 7.88. The van der Waals surface area contributed by atoms with E-state index in [0.717, 1.165) is 0 Å². The summed E-state index contributed by atoms with van der Waals surface area (Å²) in [6.07, 6.45) is 0. The Kier molecular flexibility index (Phi) is 2.76. The first kappa shape index (κ1) is 9.84. The Bertz CT molecular complexity index is 280. The van der Waals surface area contributed by atoms with Gasteiger partial charge in [-0.3, -0.25) is 0 Å². The number of nitrogen functional groups attached to an aromatic ring is 1. The summed E-state index contributed by atoms with van der Waals surface area (Å²) in [7, 11) is 0. The largest absolute Gasteiger partial charge is 0.490 e. The molecule has 2 N–H and O–H groups in total. The fourth-order valence-corrected chi connectivity index (χ4v) is 0.859. The van der Waals surface area contributed by atoms with Gasteiger partial charge in [0, 0.05) is 11.8 Å². The minimum Gasteiger partial charge on any atom is -0.490 e. The molecule has 0 saturated carbocycles. The number of hydrogen-bond acceptors (Lipinski definition) is 2. The Morgan fingerprint density at radius 1 is 1.46 bits per heavy atom. The lowest BCUT2D eigenvalue weighted by atomic mass is 10.2. The van der Waals surface area contributed by atoms with Gasteiger partial charge in [0.1, 0.15) is 18.0 Å². The van der Waals surface area contributed by atoms with Gasteiger partial charge in [0.25, 0.3) is 0 Å². The number of rotatable bonds is 3. The van der Waals surface area contributed by atoms with Crippen LogP contribution in [-0.4, -0.2) is 12.3 Å². The summed E-state index contributed by atoms with van der Waals surface area (Å²) in [4.78, 5) is 0. The van der Waals surface area contributed by atoms with Crippen molar-refractivity contribution < 1.29 is 9.13 Å². The van der Waals surface area contributed by atoms with Gasteiger partial charge in [0.2, 0.25) is 0 Å². The van der Waals surface area contributed by atoms with E-state index in [4.69, 9.17) is 10.5 Å². The second kappa shape index (κ2) is 3.64. The average molecular weight is 183 g/mol. The lowest BCUT2D eigenvalue weighted by Crippen LogP contribution is -2.22. The molecule has 13 heavy (non-hydrogen) atoms. The third-order valence-corrected chi connectivity index (χ3v) is 1.44. The van der Waals surface area contributed by atoms with E-state index in [1.54, 1.807) is 24.3 Å². The lowest BCUT2D eigenvalue weighted by Gasteiger charge is -2.15. The van der Waals surface area contributed by atoms with Gasteiger partial charge in [-0.2, -0.15) is 0 Å². The zero-order valence-corrected chi connectivity index (χ0v) is 7.88. The van der Waals surface area contributed by atoms with Gasteiger partial charge in [-0.1, -0.05) is 6.07 Å². The monoisotopic (exact) mass is 183 g/mol. The van der Waals surface area contributed by atoms with E-state index in [2.05, 4.69) is 0 Å². The predicted octanol–water partition coefficient (Wildman–Crippen LogP) is 2.40. The van der Waals surface area contributed by atoms with Gasteiger partial charge in [0.15, 0.2) is 0 Å². The molecule has 0 fully saturated rings. The third kappa shape index (κ3) is 3.78. The fourth-order valence-electron chi connectivity index (χ4n) is 0.859. The molecule has 0 heterocycles. The van der Waals surface area contributed by atoms with E-state index in [9.17, 15) is 4.39 Å². The summed E-state index contributed by atoms with van der Waals surface area (Å²) in [5, 5.41) is 0. The number of nitrogens with two attached hydrogens (primary N) is 1. The van der Waals surface area contributed by atoms with Crippen molar-refractivity contribution in [3.05, 3.63) is 24.3 Å². The summed E-state index contributed by atoms with van der Waals surface area (Å²) >= 11 is 0. The first-order valence-corrected chi connectivity index (χ1v) is 4.15. The van der Waals surface area contributed by atoms with Crippen LogP contribution in [0.1, 0.15) is 13.8 Å². The average Bonchev–Trinajstić information content (AvgIpc) is 2.00. The van der Waals surface area contributed by atoms with E-state index in [1.165, 1.54) is 13.8 Å². The molecule has 0 atom stereocenters. The Balaban J connectivity index is 2.55. The third-order valence-electron chi connectivity index (χ3n) is 1.44. The van der Waals surface area contributed by atoms with Crippen molar-refractivity contribution in [1.29, 1.82) is 0 Å². The maximum Gasteiger partial charge on any atom is 0.139 e. The first-order valence-electron chi connectivity index (χ1n) is 4.15. The van der Waals surface area contributed by atoms with Crippen LogP contribution in [-0.2, 0) is 0 Å². The number of benzene rings is 1. The van der Waals surface area contributed by atoms with Crippen LogP contribution in [0.4, 0.5) is 10.1 Å². The van der Waals surface area contributed by atoms with Crippen molar-refractivity contribution >= 4 is 5.69 Å². The second-order valence-electron chi connectivity index (χ2n) is 3.58. The SMILES string of the molecule is CC(C)(F)COc1cccc(N)c1. The molecular weight excluding hydrogens is 169 g/mol. The summed E-state index contributed by atoms with van der Waals surface area (Å²) < 4.78 is 18.2. The summed E-state index contributed by atoms with van der Waals surface area (Å²) in [5.74, 6) is 0.603. The van der Waals surface area contributed by atoms with Gasteiger partial charge >= 0.3 is 0 Å². The lowest BCUT2D eigenvalue weighted by molar-refractivity contribution is 0.121. The quantitative estimate of drug-likeness (QED) is 0.730. The smallest absolute Gasteiger partial charge is 0.139 e. The molecule has 0 aliphatic carbocycles. The van der Waals surface area contributed by atoms with Gasteiger partial charge in [0.05, 0.1) is 0 Å². The van der Waals surface area contributed by atoms with E-state index in [-0.39, 0.29) is 6.61 Å². The minimum absolute atomic E-state index is 0.0381. The summed E-state index contributed by atoms with van der Waals surface area (Å²) in [6, 6.07) is 6.96. The molecule has 1 rings (SSSR count). The van der Waals surface area contributed by atoms with Crippen LogP contribution in [0, 0.1) is 0 Å². The minimum atomic E-state index is -1.31. The molecule has 0 aliphatic heterocycles. The normalized spacial score (nSPS) is 11.3. The molecule has 0 unspecified atom stereocenters. The number of anilines is 1. The van der Waals surface area contributed by atoms with Crippen molar-refractivity contribution in [3.63, 3.8) is 0 Å². The van der Waals surface area contributed by atoms with Crippen molar-refractivity contribution in [2.24, 2.45) is 0 Å². The predicted molar refractivity (Wildman–Crippen MR) is 51.5 cm³/mol. The van der Waals surface area contributed by atoms with Crippen LogP contribution in [0.5, 0.6) is 5.75 Å². The van der Waals surface area contributed by atoms with Crippen LogP contribution in [0.3, 0.4) is 0 Å². The van der Waals surface area contributed by atoms with Gasteiger partial charge in [-0.25, -0.2) is 4.39 Å². The Labute approximate surface area is 77.5 Å². The molecule has 0 spiro atoms. The van der Waals surface area contributed by atoms with Crippen LogP contribution in [0.2, 0.25) is 0 Å². The van der Waals surface area contributed by atoms with Crippen molar-refractivity contribution in [1.82, 2.24) is 0 Å². The van der Waals surface area contributed by atoms with Crippen LogP contribution < -0.4 is 10.5 Å². The van der Waals surface area contributed by atoms with E-state index in [1.807, 2.05) is 0 Å². The fraction of sp³-hybridized carbons (Fsp3) is 0.400. The summed E-state index contributed by atoms with van der Waals surface area (Å²) in [6.45, 7) is 2.98. The highest BCUT2D eigenvalue weighted by molar-refractivity contribution is 5.43. The van der Waals surface area contributed by atoms with Crippen molar-refractivity contribution in [3.8, 4) is 5.75 Å². The number of alkyl halides is 1. The van der Waals surface area contributed by atoms with Gasteiger partial charge in [-0.05, 0) is 26.0 Å². The molecule has 3 heteroatoms. The second-order valence-corrected chi connectivity index (χ2v) is 3.58. The Morgan fingerprint density at radius 3 is 2.69 bits per heavy atom. The van der Waals surface area contributed by atoms with Crippen molar-refractivity contribution in [2.75, 3.05) is 12.3 Å². The number of halogens is 1. The maximum absolute atomic E-state index is 13.0. The molecule has 0 saturated heterocycles. The molecule has 1 aromatic rings. The Hall–Kier alpha value is -1.25. The van der Waals surface area contributed by atoms with Gasteiger partial charge in [-0.15, -0.1) is 0 Å². The van der Waals surface area contributed by atoms with E-state index >= 15 is 0 Å². The molecule has 0 aliphatic rings. The van der Waals surface area contributed by atoms with Crippen LogP contribution in [0.25, 0.3) is 0 Å². The van der Waals surface area contributed by atoms with Gasteiger partial charge < -0.3 is 10.5 Å². The maximum atomic E-state index is 13.0. The first-order chi connectivity index (χ1) is 5.97. The highest BCUT2D eigenvalue weighted by atomic mass is 19.1. The molecule has 0 aromatic heterocycles. The molecule has 0 amide bonds. The molecule has 1 aromatic carbocycles. The summed E-state index contributed by atoms with van der Waals surface area (Å²) in [5.41, 5.74) is 4.83. The van der Waals surface area contributed by atoms with E-state index in [0.29, 0.717) is 11.4 Å². The molecular formula is C10H14FNO.